The fraction of sp³-hybridized carbons (Fsp3) is 0.0317. The van der Waals surface area contributed by atoms with Crippen LogP contribution in [0.25, 0.3) is 106 Å². The lowest BCUT2D eigenvalue weighted by atomic mass is 9.89. The first-order valence-corrected chi connectivity index (χ1v) is 23.2. The molecule has 0 N–H and O–H groups in total. The monoisotopic (exact) mass is 870 g/mol. The Kier molecular flexibility index (Phi) is 9.57. The van der Waals surface area contributed by atoms with Crippen LogP contribution < -0.4 is 4.90 Å². The Labute approximate surface area is 394 Å². The van der Waals surface area contributed by atoms with E-state index in [1.807, 2.05) is 36.4 Å². The summed E-state index contributed by atoms with van der Waals surface area (Å²) in [5, 5.41) is 2.17. The fourth-order valence-corrected chi connectivity index (χ4v) is 10.3. The van der Waals surface area contributed by atoms with Crippen molar-refractivity contribution >= 4 is 38.9 Å². The molecule has 1 atom stereocenters. The molecule has 0 radical (unpaired) electrons. The van der Waals surface area contributed by atoms with Gasteiger partial charge in [0.05, 0.1) is 17.1 Å². The number of nitrogens with zero attached hydrogens (tertiary/aromatic N) is 4. The van der Waals surface area contributed by atoms with Gasteiger partial charge in [-0.05, 0) is 87.3 Å². The standard InChI is InChI=1S/C63H42N4O/c1-6-19-41(20-7-1)48-35-33-45(39-54(48)42-21-8-2-9-22-42)46-34-36-49(55(40-46)63-65-61(43-23-10-3-11-24-43)64-62(66-63)44-25-12-4-13-26-44)52-30-18-31-53-58-57(68-60(52)53)38-37-51-50-29-16-17-32-56(50)67(59(51)58)47-27-14-5-15-28-47/h1-31,33-40,56H,32H2. The summed E-state index contributed by atoms with van der Waals surface area (Å²) in [5.74, 6) is 1.79. The van der Waals surface area contributed by atoms with Gasteiger partial charge in [0.2, 0.25) is 0 Å². The minimum atomic E-state index is 0.195. The van der Waals surface area contributed by atoms with E-state index in [-0.39, 0.29) is 6.04 Å². The molecule has 320 valence electrons. The number of allylic oxidation sites excluding steroid dienone is 2. The van der Waals surface area contributed by atoms with E-state index >= 15 is 0 Å². The van der Waals surface area contributed by atoms with Crippen LogP contribution in [0.4, 0.5) is 11.4 Å². The minimum Gasteiger partial charge on any atom is -0.455 e. The molecular formula is C63H42N4O. The van der Waals surface area contributed by atoms with E-state index in [1.54, 1.807) is 0 Å². The topological polar surface area (TPSA) is 55.1 Å². The predicted octanol–water partition coefficient (Wildman–Crippen LogP) is 16.3. The first-order valence-electron chi connectivity index (χ1n) is 23.2. The van der Waals surface area contributed by atoms with Gasteiger partial charge in [-0.3, -0.25) is 0 Å². The molecule has 5 nitrogen and oxygen atoms in total. The quantitative estimate of drug-likeness (QED) is 0.152. The summed E-state index contributed by atoms with van der Waals surface area (Å²) in [6.45, 7) is 0. The molecule has 11 aromatic rings. The van der Waals surface area contributed by atoms with E-state index in [2.05, 4.69) is 205 Å². The number of hydrogen-bond donors (Lipinski definition) is 0. The van der Waals surface area contributed by atoms with Crippen LogP contribution in [0.15, 0.2) is 241 Å². The smallest absolute Gasteiger partial charge is 0.164 e. The molecule has 2 aromatic heterocycles. The van der Waals surface area contributed by atoms with Gasteiger partial charge in [-0.25, -0.2) is 15.0 Å². The van der Waals surface area contributed by atoms with Gasteiger partial charge < -0.3 is 9.32 Å². The summed E-state index contributed by atoms with van der Waals surface area (Å²) >= 11 is 0. The van der Waals surface area contributed by atoms with Crippen molar-refractivity contribution < 1.29 is 4.42 Å². The number of para-hydroxylation sites is 2. The fourth-order valence-electron chi connectivity index (χ4n) is 10.3. The summed E-state index contributed by atoms with van der Waals surface area (Å²) < 4.78 is 7.10. The molecule has 0 bridgehead atoms. The second-order valence-electron chi connectivity index (χ2n) is 17.4. The number of furan rings is 1. The van der Waals surface area contributed by atoms with Crippen LogP contribution in [0.5, 0.6) is 0 Å². The Morgan fingerprint density at radius 1 is 0.412 bits per heavy atom. The van der Waals surface area contributed by atoms with Gasteiger partial charge in [-0.2, -0.15) is 0 Å². The minimum absolute atomic E-state index is 0.195. The van der Waals surface area contributed by atoms with Crippen LogP contribution in [0, 0.1) is 0 Å². The first kappa shape index (κ1) is 39.4. The average molecular weight is 871 g/mol. The van der Waals surface area contributed by atoms with E-state index in [4.69, 9.17) is 19.4 Å². The number of anilines is 2. The molecule has 3 heterocycles. The van der Waals surface area contributed by atoms with Gasteiger partial charge in [0.1, 0.15) is 11.2 Å². The van der Waals surface area contributed by atoms with Crippen LogP contribution in [0.3, 0.4) is 0 Å². The Morgan fingerprint density at radius 2 is 0.956 bits per heavy atom. The Bertz CT molecular complexity index is 3690. The highest BCUT2D eigenvalue weighted by atomic mass is 16.3. The maximum absolute atomic E-state index is 7.10. The van der Waals surface area contributed by atoms with Crippen LogP contribution in [-0.4, -0.2) is 21.0 Å². The van der Waals surface area contributed by atoms with Crippen molar-refractivity contribution in [1.29, 1.82) is 0 Å². The van der Waals surface area contributed by atoms with Gasteiger partial charge in [-0.15, -0.1) is 0 Å². The third kappa shape index (κ3) is 6.75. The molecule has 5 heteroatoms. The molecule has 0 saturated heterocycles. The van der Waals surface area contributed by atoms with E-state index in [0.29, 0.717) is 17.5 Å². The largest absolute Gasteiger partial charge is 0.455 e. The van der Waals surface area contributed by atoms with E-state index in [9.17, 15) is 0 Å². The molecule has 0 amide bonds. The summed E-state index contributed by atoms with van der Waals surface area (Å²) in [6.07, 6.45) is 7.68. The number of hydrogen-bond acceptors (Lipinski definition) is 5. The molecular weight excluding hydrogens is 829 g/mol. The third-order valence-electron chi connectivity index (χ3n) is 13.4. The van der Waals surface area contributed by atoms with Crippen molar-refractivity contribution in [1.82, 2.24) is 15.0 Å². The maximum Gasteiger partial charge on any atom is 0.164 e. The van der Waals surface area contributed by atoms with Crippen molar-refractivity contribution in [3.8, 4) is 78.7 Å². The molecule has 0 fully saturated rings. The Hall–Kier alpha value is -8.93. The van der Waals surface area contributed by atoms with Crippen molar-refractivity contribution in [3.05, 3.63) is 242 Å². The normalized spacial score (nSPS) is 14.0. The lowest BCUT2D eigenvalue weighted by Crippen LogP contribution is -2.27. The first-order chi connectivity index (χ1) is 33.7. The Morgan fingerprint density at radius 3 is 1.60 bits per heavy atom. The molecule has 13 rings (SSSR count). The predicted molar refractivity (Wildman–Crippen MR) is 279 cm³/mol. The molecule has 1 unspecified atom stereocenters. The van der Waals surface area contributed by atoms with Crippen molar-refractivity contribution in [3.63, 3.8) is 0 Å². The molecule has 2 aliphatic rings. The summed E-state index contributed by atoms with van der Waals surface area (Å²) in [5.41, 5.74) is 18.0. The molecule has 1 aliphatic carbocycles. The number of fused-ring (bicyclic) bond motifs is 7. The van der Waals surface area contributed by atoms with Gasteiger partial charge in [0.15, 0.2) is 17.5 Å². The highest BCUT2D eigenvalue weighted by molar-refractivity contribution is 6.19. The highest BCUT2D eigenvalue weighted by Gasteiger charge is 2.37. The van der Waals surface area contributed by atoms with Crippen molar-refractivity contribution in [2.24, 2.45) is 0 Å². The van der Waals surface area contributed by atoms with Gasteiger partial charge in [0.25, 0.3) is 0 Å². The summed E-state index contributed by atoms with van der Waals surface area (Å²) in [7, 11) is 0. The Balaban J connectivity index is 1.05. The number of benzene rings is 9. The number of aromatic nitrogens is 3. The van der Waals surface area contributed by atoms with Gasteiger partial charge in [0, 0.05) is 38.9 Å². The second-order valence-corrected chi connectivity index (χ2v) is 17.4. The zero-order chi connectivity index (χ0) is 45.0. The van der Waals surface area contributed by atoms with E-state index in [0.717, 1.165) is 78.4 Å². The molecule has 68 heavy (non-hydrogen) atoms. The lowest BCUT2D eigenvalue weighted by molar-refractivity contribution is 0.670. The zero-order valence-corrected chi connectivity index (χ0v) is 37.0. The third-order valence-corrected chi connectivity index (χ3v) is 13.4. The average Bonchev–Trinajstić information content (AvgIpc) is 3.98. The van der Waals surface area contributed by atoms with Crippen LogP contribution in [-0.2, 0) is 0 Å². The van der Waals surface area contributed by atoms with E-state index in [1.165, 1.54) is 33.6 Å². The highest BCUT2D eigenvalue weighted by Crippen LogP contribution is 2.53. The SMILES string of the molecule is C1=CCC2C(=C1)c1ccc3oc4c(-c5ccc(-c6ccc(-c7ccccc7)c(-c7ccccc7)c6)cc5-c5nc(-c6ccccc6)nc(-c6ccccc6)n5)cccc4c3c1N2c1ccccc1. The van der Waals surface area contributed by atoms with Crippen LogP contribution >= 0.6 is 0 Å². The molecule has 0 spiro atoms. The van der Waals surface area contributed by atoms with Crippen LogP contribution in [0.2, 0.25) is 0 Å². The van der Waals surface area contributed by atoms with Crippen molar-refractivity contribution in [2.75, 3.05) is 4.90 Å². The maximum atomic E-state index is 7.10. The van der Waals surface area contributed by atoms with E-state index < -0.39 is 0 Å². The van der Waals surface area contributed by atoms with Crippen molar-refractivity contribution in [2.45, 2.75) is 12.5 Å². The number of rotatable bonds is 8. The molecule has 1 aliphatic heterocycles. The molecule has 0 saturated carbocycles. The lowest BCUT2D eigenvalue weighted by Gasteiger charge is -2.28. The summed E-state index contributed by atoms with van der Waals surface area (Å²) in [4.78, 5) is 18.2. The van der Waals surface area contributed by atoms with Gasteiger partial charge in [-0.1, -0.05) is 200 Å². The van der Waals surface area contributed by atoms with Crippen LogP contribution in [0.1, 0.15) is 12.0 Å². The summed E-state index contributed by atoms with van der Waals surface area (Å²) in [6, 6.07) is 77.0. The second kappa shape index (κ2) is 16.5. The molecule has 9 aromatic carbocycles. The van der Waals surface area contributed by atoms with Gasteiger partial charge >= 0.3 is 0 Å². The zero-order valence-electron chi connectivity index (χ0n) is 37.0.